The number of carbonyl (C=O) groups is 3. The molecule has 0 aromatic heterocycles. The number of carbonyl (C=O) groups excluding carboxylic acids is 2. The van der Waals surface area contributed by atoms with Crippen molar-refractivity contribution in [3.8, 4) is 0 Å². The summed E-state index contributed by atoms with van der Waals surface area (Å²) in [5, 5.41) is 9.01. The molecule has 122 valence electrons. The van der Waals surface area contributed by atoms with Crippen LogP contribution >= 0.6 is 0 Å². The van der Waals surface area contributed by atoms with E-state index in [0.29, 0.717) is 12.5 Å². The van der Waals surface area contributed by atoms with E-state index >= 15 is 0 Å². The zero-order valence-corrected chi connectivity index (χ0v) is 13.0. The molecule has 6 heteroatoms. The van der Waals surface area contributed by atoms with Gasteiger partial charge in [-0.3, -0.25) is 14.4 Å². The van der Waals surface area contributed by atoms with Crippen LogP contribution in [0.1, 0.15) is 58.8 Å². The first-order valence-corrected chi connectivity index (χ1v) is 7.57. The Morgan fingerprint density at radius 1 is 1.19 bits per heavy atom. The molecule has 21 heavy (non-hydrogen) atoms. The molecule has 0 aromatic rings. The molecule has 0 aliphatic carbocycles. The normalized spacial score (nSPS) is 13.4. The zero-order valence-electron chi connectivity index (χ0n) is 13.0. The van der Waals surface area contributed by atoms with Crippen LogP contribution < -0.4 is 5.73 Å². The number of aliphatic carboxylic acids is 1. The van der Waals surface area contributed by atoms with E-state index in [1.54, 1.807) is 0 Å². The van der Waals surface area contributed by atoms with Crippen LogP contribution in [0.3, 0.4) is 0 Å². The zero-order chi connectivity index (χ0) is 16.3. The fourth-order valence-corrected chi connectivity index (χ4v) is 2.00. The molecule has 0 aromatic carbocycles. The van der Waals surface area contributed by atoms with Gasteiger partial charge >= 0.3 is 11.9 Å². The van der Waals surface area contributed by atoms with Gasteiger partial charge in [0.2, 0.25) is 5.91 Å². The lowest BCUT2D eigenvalue weighted by Crippen LogP contribution is -2.23. The number of carboxylic acids is 1. The van der Waals surface area contributed by atoms with Gasteiger partial charge in [0.05, 0.1) is 18.9 Å². The Labute approximate surface area is 126 Å². The van der Waals surface area contributed by atoms with Crippen molar-refractivity contribution in [3.05, 3.63) is 0 Å². The number of ether oxygens (including phenoxy) is 1. The third-order valence-electron chi connectivity index (χ3n) is 3.52. The lowest BCUT2D eigenvalue weighted by Gasteiger charge is -2.16. The SMILES string of the molecule is CCCCC(CC)COC(=O)C[C@@H](CCC(N)=O)C(=O)O. The van der Waals surface area contributed by atoms with E-state index in [1.807, 2.05) is 6.92 Å². The van der Waals surface area contributed by atoms with E-state index in [0.717, 1.165) is 25.7 Å². The Bertz CT molecular complexity index is 343. The Morgan fingerprint density at radius 2 is 1.86 bits per heavy atom. The van der Waals surface area contributed by atoms with Crippen molar-refractivity contribution >= 4 is 17.8 Å². The number of esters is 1. The molecule has 0 saturated carbocycles. The Balaban J connectivity index is 4.18. The minimum absolute atomic E-state index is 0.0433. The van der Waals surface area contributed by atoms with E-state index in [2.05, 4.69) is 6.92 Å². The van der Waals surface area contributed by atoms with Crippen LogP contribution in [0.15, 0.2) is 0 Å². The number of carboxylic acid groups (broad SMARTS) is 1. The molecule has 0 spiro atoms. The van der Waals surface area contributed by atoms with Crippen molar-refractivity contribution in [2.24, 2.45) is 17.6 Å². The van der Waals surface area contributed by atoms with E-state index in [4.69, 9.17) is 15.6 Å². The molecule has 2 atom stereocenters. The summed E-state index contributed by atoms with van der Waals surface area (Å²) in [6, 6.07) is 0. The van der Waals surface area contributed by atoms with E-state index in [1.165, 1.54) is 0 Å². The summed E-state index contributed by atoms with van der Waals surface area (Å²) in [6.07, 6.45) is 3.92. The molecule has 0 saturated heterocycles. The summed E-state index contributed by atoms with van der Waals surface area (Å²) >= 11 is 0. The molecular formula is C15H27NO5. The summed E-state index contributed by atoms with van der Waals surface area (Å²) in [5.74, 6) is -2.79. The molecule has 1 unspecified atom stereocenters. The fraction of sp³-hybridized carbons (Fsp3) is 0.800. The summed E-state index contributed by atoms with van der Waals surface area (Å²) in [6.45, 7) is 4.48. The predicted molar refractivity (Wildman–Crippen MR) is 78.4 cm³/mol. The Kier molecular flexibility index (Phi) is 10.3. The first-order chi connectivity index (χ1) is 9.90. The van der Waals surface area contributed by atoms with Crippen LogP contribution in [-0.4, -0.2) is 29.6 Å². The summed E-state index contributed by atoms with van der Waals surface area (Å²) in [7, 11) is 0. The number of hydrogen-bond acceptors (Lipinski definition) is 4. The van der Waals surface area contributed by atoms with Crippen molar-refractivity contribution in [1.82, 2.24) is 0 Å². The molecule has 1 amide bonds. The molecule has 0 radical (unpaired) electrons. The van der Waals surface area contributed by atoms with Crippen LogP contribution in [0.2, 0.25) is 0 Å². The van der Waals surface area contributed by atoms with Gasteiger partial charge in [-0.15, -0.1) is 0 Å². The van der Waals surface area contributed by atoms with Crippen molar-refractivity contribution < 1.29 is 24.2 Å². The molecule has 0 rings (SSSR count). The highest BCUT2D eigenvalue weighted by Crippen LogP contribution is 2.16. The second kappa shape index (κ2) is 11.1. The van der Waals surface area contributed by atoms with Gasteiger partial charge in [-0.25, -0.2) is 0 Å². The van der Waals surface area contributed by atoms with E-state index in [-0.39, 0.29) is 19.3 Å². The lowest BCUT2D eigenvalue weighted by molar-refractivity contribution is -0.152. The van der Waals surface area contributed by atoms with Gasteiger partial charge in [0, 0.05) is 6.42 Å². The monoisotopic (exact) mass is 301 g/mol. The summed E-state index contributed by atoms with van der Waals surface area (Å²) in [4.78, 5) is 33.4. The maximum atomic E-state index is 11.7. The van der Waals surface area contributed by atoms with Crippen LogP contribution in [0.25, 0.3) is 0 Å². The summed E-state index contributed by atoms with van der Waals surface area (Å²) in [5.41, 5.74) is 4.99. The highest BCUT2D eigenvalue weighted by Gasteiger charge is 2.23. The average molecular weight is 301 g/mol. The van der Waals surface area contributed by atoms with E-state index < -0.39 is 23.8 Å². The van der Waals surface area contributed by atoms with Gasteiger partial charge in [-0.2, -0.15) is 0 Å². The van der Waals surface area contributed by atoms with Gasteiger partial charge in [0.25, 0.3) is 0 Å². The number of amides is 1. The van der Waals surface area contributed by atoms with Gasteiger partial charge in [-0.05, 0) is 18.8 Å². The third kappa shape index (κ3) is 9.87. The van der Waals surface area contributed by atoms with Crippen molar-refractivity contribution in [1.29, 1.82) is 0 Å². The number of nitrogens with two attached hydrogens (primary N) is 1. The highest BCUT2D eigenvalue weighted by atomic mass is 16.5. The molecule has 0 aliphatic rings. The molecule has 0 fully saturated rings. The van der Waals surface area contributed by atoms with Crippen LogP contribution in [0.4, 0.5) is 0 Å². The quantitative estimate of drug-likeness (QED) is 0.537. The van der Waals surface area contributed by atoms with Crippen molar-refractivity contribution in [2.45, 2.75) is 58.8 Å². The maximum Gasteiger partial charge on any atom is 0.307 e. The third-order valence-corrected chi connectivity index (χ3v) is 3.52. The second-order valence-corrected chi connectivity index (χ2v) is 5.34. The van der Waals surface area contributed by atoms with Gasteiger partial charge < -0.3 is 15.6 Å². The maximum absolute atomic E-state index is 11.7. The minimum atomic E-state index is -1.11. The molecular weight excluding hydrogens is 274 g/mol. The average Bonchev–Trinajstić information content (AvgIpc) is 2.43. The number of primary amides is 1. The number of hydrogen-bond donors (Lipinski definition) is 2. The predicted octanol–water partition coefficient (Wildman–Crippen LogP) is 2.10. The molecule has 6 nitrogen and oxygen atoms in total. The standard InChI is InChI=1S/C15H27NO5/c1-3-5-6-11(4-2)10-21-14(18)9-12(15(19)20)7-8-13(16)17/h11-12H,3-10H2,1-2H3,(H2,16,17)(H,19,20)/t11?,12-/m1/s1. The number of unbranched alkanes of at least 4 members (excludes halogenated alkanes) is 1. The van der Waals surface area contributed by atoms with Crippen LogP contribution in [0.5, 0.6) is 0 Å². The Hall–Kier alpha value is -1.59. The summed E-state index contributed by atoms with van der Waals surface area (Å²) < 4.78 is 5.16. The van der Waals surface area contributed by atoms with Gasteiger partial charge in [0.1, 0.15) is 0 Å². The fourth-order valence-electron chi connectivity index (χ4n) is 2.00. The topological polar surface area (TPSA) is 107 Å². The van der Waals surface area contributed by atoms with Crippen LogP contribution in [0, 0.1) is 11.8 Å². The van der Waals surface area contributed by atoms with Gasteiger partial charge in [-0.1, -0.05) is 33.1 Å². The highest BCUT2D eigenvalue weighted by molar-refractivity contribution is 5.80. The number of rotatable bonds is 12. The first kappa shape index (κ1) is 19.4. The minimum Gasteiger partial charge on any atom is -0.481 e. The first-order valence-electron chi connectivity index (χ1n) is 7.57. The molecule has 3 N–H and O–H groups in total. The molecule has 0 aliphatic heterocycles. The largest absolute Gasteiger partial charge is 0.481 e. The van der Waals surface area contributed by atoms with Crippen molar-refractivity contribution in [2.75, 3.05) is 6.61 Å². The van der Waals surface area contributed by atoms with E-state index in [9.17, 15) is 14.4 Å². The Morgan fingerprint density at radius 3 is 2.33 bits per heavy atom. The van der Waals surface area contributed by atoms with Gasteiger partial charge in [0.15, 0.2) is 0 Å². The molecule has 0 bridgehead atoms. The second-order valence-electron chi connectivity index (χ2n) is 5.34. The lowest BCUT2D eigenvalue weighted by atomic mass is 9.99. The van der Waals surface area contributed by atoms with Crippen molar-refractivity contribution in [3.63, 3.8) is 0 Å². The molecule has 0 heterocycles. The smallest absolute Gasteiger partial charge is 0.307 e. The van der Waals surface area contributed by atoms with Crippen LogP contribution in [-0.2, 0) is 19.1 Å².